The molecule has 1 rings (SSSR count). The van der Waals surface area contributed by atoms with Crippen molar-refractivity contribution < 1.29 is 9.72 Å². The molecular weight excluding hydrogens is 166 g/mol. The Kier molecular flexibility index (Phi) is 2.01. The van der Waals surface area contributed by atoms with Crippen LogP contribution in [0.1, 0.15) is 10.5 Å². The number of nitrogen functional groups attached to an aromatic ring is 1. The van der Waals surface area contributed by atoms with E-state index in [1.54, 1.807) is 5.43 Å². The first-order valence-corrected chi connectivity index (χ1v) is 2.85. The Morgan fingerprint density at radius 2 is 2.50 bits per heavy atom. The third-order valence-electron chi connectivity index (χ3n) is 1.17. The summed E-state index contributed by atoms with van der Waals surface area (Å²) < 4.78 is 0. The van der Waals surface area contributed by atoms with Gasteiger partial charge in [0.2, 0.25) is 5.69 Å². The molecule has 1 amide bonds. The maximum absolute atomic E-state index is 10.8. The number of nitrogens with one attached hydrogen (secondary N) is 2. The Labute approximate surface area is 65.9 Å². The predicted molar refractivity (Wildman–Crippen MR) is 36.9 cm³/mol. The van der Waals surface area contributed by atoms with Crippen molar-refractivity contribution in [2.45, 2.75) is 0 Å². The van der Waals surface area contributed by atoms with Gasteiger partial charge in [-0.15, -0.1) is 0 Å². The lowest BCUT2D eigenvalue weighted by atomic mass is 10.3. The quantitative estimate of drug-likeness (QED) is 0.226. The second-order valence-corrected chi connectivity index (χ2v) is 1.86. The van der Waals surface area contributed by atoms with Crippen LogP contribution in [0.3, 0.4) is 0 Å². The minimum absolute atomic E-state index is 0.262. The van der Waals surface area contributed by atoms with Crippen LogP contribution in [0.4, 0.5) is 5.69 Å². The Bertz CT molecular complexity index is 318. The number of amides is 1. The molecule has 12 heavy (non-hydrogen) atoms. The number of hydrogen-bond donors (Lipinski definition) is 3. The topological polar surface area (TPSA) is 127 Å². The molecule has 1 heterocycles. The molecule has 0 bridgehead atoms. The summed E-state index contributed by atoms with van der Waals surface area (Å²) in [4.78, 5) is 20.3. The van der Waals surface area contributed by atoms with Crippen molar-refractivity contribution in [3.8, 4) is 0 Å². The van der Waals surface area contributed by atoms with E-state index in [0.29, 0.717) is 0 Å². The van der Waals surface area contributed by atoms with Crippen LogP contribution in [0.25, 0.3) is 0 Å². The molecule has 0 saturated heterocycles. The standard InChI is InChI=1S/C4H5N5O3/c5-7-4(10)3-2(9(11)12)1-6-8-3/h1H,5H2,(H,6,8)(H,7,10). The van der Waals surface area contributed by atoms with Crippen molar-refractivity contribution in [3.63, 3.8) is 0 Å². The van der Waals surface area contributed by atoms with Crippen molar-refractivity contribution in [1.29, 1.82) is 0 Å². The van der Waals surface area contributed by atoms with E-state index in [-0.39, 0.29) is 5.69 Å². The van der Waals surface area contributed by atoms with Crippen molar-refractivity contribution in [3.05, 3.63) is 22.0 Å². The van der Waals surface area contributed by atoms with Crippen LogP contribution in [-0.4, -0.2) is 21.0 Å². The smallest absolute Gasteiger partial charge is 0.289 e. The molecule has 0 fully saturated rings. The van der Waals surface area contributed by atoms with Gasteiger partial charge < -0.3 is 0 Å². The van der Waals surface area contributed by atoms with E-state index in [0.717, 1.165) is 6.20 Å². The molecule has 0 radical (unpaired) electrons. The van der Waals surface area contributed by atoms with Crippen LogP contribution in [0.15, 0.2) is 6.20 Å². The van der Waals surface area contributed by atoms with Crippen LogP contribution in [0.2, 0.25) is 0 Å². The molecule has 0 aliphatic carbocycles. The zero-order chi connectivity index (χ0) is 9.14. The van der Waals surface area contributed by atoms with Gasteiger partial charge in [0.05, 0.1) is 4.92 Å². The van der Waals surface area contributed by atoms with Crippen molar-refractivity contribution in [2.75, 3.05) is 0 Å². The lowest BCUT2D eigenvalue weighted by Crippen LogP contribution is -2.30. The van der Waals surface area contributed by atoms with Gasteiger partial charge in [0.15, 0.2) is 0 Å². The maximum atomic E-state index is 10.8. The summed E-state index contributed by atoms with van der Waals surface area (Å²) >= 11 is 0. The normalized spacial score (nSPS) is 9.42. The van der Waals surface area contributed by atoms with Crippen LogP contribution in [-0.2, 0) is 0 Å². The van der Waals surface area contributed by atoms with E-state index in [9.17, 15) is 14.9 Å². The molecule has 1 aromatic rings. The number of aromatic nitrogens is 2. The monoisotopic (exact) mass is 171 g/mol. The minimum atomic E-state index is -0.779. The van der Waals surface area contributed by atoms with E-state index >= 15 is 0 Å². The first-order chi connectivity index (χ1) is 5.66. The lowest BCUT2D eigenvalue weighted by Gasteiger charge is -1.93. The van der Waals surface area contributed by atoms with Crippen molar-refractivity contribution in [1.82, 2.24) is 15.6 Å². The molecule has 0 atom stereocenters. The van der Waals surface area contributed by atoms with Gasteiger partial charge in [-0.25, -0.2) is 5.84 Å². The average molecular weight is 171 g/mol. The van der Waals surface area contributed by atoms with Crippen molar-refractivity contribution >= 4 is 11.6 Å². The number of nitrogens with zero attached hydrogens (tertiary/aromatic N) is 2. The molecule has 64 valence electrons. The van der Waals surface area contributed by atoms with Crippen LogP contribution >= 0.6 is 0 Å². The minimum Gasteiger partial charge on any atom is -0.289 e. The first kappa shape index (κ1) is 8.14. The maximum Gasteiger partial charge on any atom is 0.319 e. The summed E-state index contributed by atoms with van der Waals surface area (Å²) in [6.45, 7) is 0. The fourth-order valence-electron chi connectivity index (χ4n) is 0.657. The predicted octanol–water partition coefficient (Wildman–Crippen LogP) is -1.08. The number of hydrazine groups is 1. The van der Waals surface area contributed by atoms with Gasteiger partial charge in [0.1, 0.15) is 6.20 Å². The Balaban J connectivity index is 3.07. The van der Waals surface area contributed by atoms with E-state index in [4.69, 9.17) is 5.84 Å². The molecule has 0 aromatic carbocycles. The number of hydrogen-bond acceptors (Lipinski definition) is 5. The second kappa shape index (κ2) is 2.96. The van der Waals surface area contributed by atoms with E-state index in [1.807, 2.05) is 0 Å². The van der Waals surface area contributed by atoms with Crippen molar-refractivity contribution in [2.24, 2.45) is 5.84 Å². The number of aromatic amines is 1. The second-order valence-electron chi connectivity index (χ2n) is 1.86. The van der Waals surface area contributed by atoms with Crippen LogP contribution < -0.4 is 11.3 Å². The highest BCUT2D eigenvalue weighted by molar-refractivity contribution is 5.95. The largest absolute Gasteiger partial charge is 0.319 e. The number of carbonyl (C=O) groups is 1. The van der Waals surface area contributed by atoms with Gasteiger partial charge in [-0.1, -0.05) is 0 Å². The molecule has 4 N–H and O–H groups in total. The highest BCUT2D eigenvalue weighted by Crippen LogP contribution is 2.13. The van der Waals surface area contributed by atoms with Gasteiger partial charge in [0.25, 0.3) is 5.91 Å². The third-order valence-corrected chi connectivity index (χ3v) is 1.17. The Hall–Kier alpha value is -1.96. The Morgan fingerprint density at radius 3 is 3.00 bits per heavy atom. The van der Waals surface area contributed by atoms with E-state index in [1.165, 1.54) is 0 Å². The molecular formula is C4H5N5O3. The summed E-state index contributed by atoms with van der Waals surface area (Å²) in [5.74, 6) is 3.98. The fraction of sp³-hybridized carbons (Fsp3) is 0. The number of carbonyl (C=O) groups excluding carboxylic acids is 1. The average Bonchev–Trinajstić information content (AvgIpc) is 2.50. The number of rotatable bonds is 2. The summed E-state index contributed by atoms with van der Waals surface area (Å²) in [7, 11) is 0. The summed E-state index contributed by atoms with van der Waals surface area (Å²) in [5, 5.41) is 15.7. The summed E-state index contributed by atoms with van der Waals surface area (Å²) in [5.41, 5.74) is 1.08. The molecule has 0 unspecified atom stereocenters. The van der Waals surface area contributed by atoms with E-state index in [2.05, 4.69) is 10.2 Å². The summed E-state index contributed by atoms with van der Waals surface area (Å²) in [6.07, 6.45) is 0.935. The van der Waals surface area contributed by atoms with Gasteiger partial charge >= 0.3 is 5.69 Å². The molecule has 1 aromatic heterocycles. The molecule has 0 saturated carbocycles. The molecule has 0 spiro atoms. The molecule has 8 nitrogen and oxygen atoms in total. The number of H-pyrrole nitrogens is 1. The molecule has 0 aliphatic heterocycles. The SMILES string of the molecule is NNC(=O)c1[nH]ncc1[N+](=O)[O-]. The third kappa shape index (κ3) is 1.22. The van der Waals surface area contributed by atoms with Gasteiger partial charge in [0, 0.05) is 0 Å². The lowest BCUT2D eigenvalue weighted by molar-refractivity contribution is -0.385. The zero-order valence-electron chi connectivity index (χ0n) is 5.77. The summed E-state index contributed by atoms with van der Waals surface area (Å²) in [6, 6.07) is 0. The zero-order valence-corrected chi connectivity index (χ0v) is 5.77. The molecule has 0 aliphatic rings. The highest BCUT2D eigenvalue weighted by Gasteiger charge is 2.21. The van der Waals surface area contributed by atoms with Gasteiger partial charge in [-0.05, 0) is 0 Å². The van der Waals surface area contributed by atoms with Crippen LogP contribution in [0, 0.1) is 10.1 Å². The van der Waals surface area contributed by atoms with Gasteiger partial charge in [-0.2, -0.15) is 5.10 Å². The number of nitrogens with two attached hydrogens (primary N) is 1. The number of nitro groups is 1. The fourth-order valence-corrected chi connectivity index (χ4v) is 0.657. The van der Waals surface area contributed by atoms with E-state index < -0.39 is 16.5 Å². The Morgan fingerprint density at radius 1 is 1.83 bits per heavy atom. The van der Waals surface area contributed by atoms with Crippen LogP contribution in [0.5, 0.6) is 0 Å². The highest BCUT2D eigenvalue weighted by atomic mass is 16.6. The van der Waals surface area contributed by atoms with Gasteiger partial charge in [-0.3, -0.25) is 25.4 Å². The first-order valence-electron chi connectivity index (χ1n) is 2.85. The molecule has 8 heteroatoms.